The zero-order valence-electron chi connectivity index (χ0n) is 11.5. The van der Waals surface area contributed by atoms with Crippen molar-refractivity contribution in [3.05, 3.63) is 0 Å². The van der Waals surface area contributed by atoms with E-state index in [2.05, 4.69) is 38.2 Å². The fraction of sp³-hybridized carbons (Fsp3) is 1.00. The monoisotopic (exact) mass is 230 g/mol. The molecule has 0 aliphatic heterocycles. The highest BCUT2D eigenvalue weighted by Gasteiger charge is 2.10. The lowest BCUT2D eigenvalue weighted by Crippen LogP contribution is -2.39. The molecular formula is C13H30N2O. The van der Waals surface area contributed by atoms with E-state index in [9.17, 15) is 0 Å². The van der Waals surface area contributed by atoms with E-state index in [0.29, 0.717) is 12.6 Å². The van der Waals surface area contributed by atoms with E-state index < -0.39 is 0 Å². The van der Waals surface area contributed by atoms with Crippen molar-refractivity contribution < 1.29 is 5.11 Å². The van der Waals surface area contributed by atoms with E-state index in [1.165, 1.54) is 12.8 Å². The summed E-state index contributed by atoms with van der Waals surface area (Å²) in [5, 5.41) is 12.3. The number of nitrogens with zero attached hydrogens (tertiary/aromatic N) is 1. The van der Waals surface area contributed by atoms with Gasteiger partial charge in [-0.25, -0.2) is 0 Å². The first kappa shape index (κ1) is 15.9. The molecule has 0 aromatic heterocycles. The summed E-state index contributed by atoms with van der Waals surface area (Å²) in [6.07, 6.45) is 4.46. The molecule has 1 atom stereocenters. The van der Waals surface area contributed by atoms with Crippen molar-refractivity contribution in [2.45, 2.75) is 45.6 Å². The van der Waals surface area contributed by atoms with Crippen LogP contribution in [-0.2, 0) is 0 Å². The maximum absolute atomic E-state index is 8.69. The van der Waals surface area contributed by atoms with Crippen LogP contribution in [0.25, 0.3) is 0 Å². The van der Waals surface area contributed by atoms with Gasteiger partial charge in [0.1, 0.15) is 0 Å². The third kappa shape index (κ3) is 10.4. The lowest BCUT2D eigenvalue weighted by Gasteiger charge is -2.24. The average Bonchev–Trinajstić information content (AvgIpc) is 2.15. The first-order valence-corrected chi connectivity index (χ1v) is 6.55. The minimum absolute atomic E-state index is 0.327. The van der Waals surface area contributed by atoms with Crippen molar-refractivity contribution in [1.82, 2.24) is 10.2 Å². The van der Waals surface area contributed by atoms with Crippen LogP contribution in [0.1, 0.15) is 39.5 Å². The largest absolute Gasteiger partial charge is 0.396 e. The van der Waals surface area contributed by atoms with Gasteiger partial charge in [-0.05, 0) is 52.2 Å². The molecular weight excluding hydrogens is 200 g/mol. The van der Waals surface area contributed by atoms with E-state index in [1.807, 2.05) is 0 Å². The van der Waals surface area contributed by atoms with E-state index in [-0.39, 0.29) is 0 Å². The lowest BCUT2D eigenvalue weighted by molar-refractivity contribution is 0.279. The van der Waals surface area contributed by atoms with Crippen LogP contribution in [0.3, 0.4) is 0 Å². The fourth-order valence-corrected chi connectivity index (χ4v) is 1.95. The molecule has 0 bridgehead atoms. The van der Waals surface area contributed by atoms with Gasteiger partial charge < -0.3 is 15.3 Å². The third-order valence-corrected chi connectivity index (χ3v) is 2.61. The predicted molar refractivity (Wildman–Crippen MR) is 70.7 cm³/mol. The predicted octanol–water partition coefficient (Wildman–Crippen LogP) is 1.71. The molecule has 2 N–H and O–H groups in total. The topological polar surface area (TPSA) is 35.5 Å². The molecule has 0 aromatic carbocycles. The number of hydrogen-bond acceptors (Lipinski definition) is 3. The number of rotatable bonds is 10. The SMILES string of the molecule is CC(C)CC(CN(C)C)NCCCCCO. The molecule has 0 aliphatic carbocycles. The van der Waals surface area contributed by atoms with Gasteiger partial charge in [0.15, 0.2) is 0 Å². The first-order chi connectivity index (χ1) is 7.56. The molecule has 0 rings (SSSR count). The molecule has 16 heavy (non-hydrogen) atoms. The van der Waals surface area contributed by atoms with Crippen LogP contribution in [0.5, 0.6) is 0 Å². The summed E-state index contributed by atoms with van der Waals surface area (Å²) >= 11 is 0. The Morgan fingerprint density at radius 3 is 2.31 bits per heavy atom. The highest BCUT2D eigenvalue weighted by atomic mass is 16.2. The van der Waals surface area contributed by atoms with Crippen LogP contribution in [0.2, 0.25) is 0 Å². The second kappa shape index (κ2) is 10.1. The number of hydrogen-bond donors (Lipinski definition) is 2. The molecule has 1 unspecified atom stereocenters. The fourth-order valence-electron chi connectivity index (χ4n) is 1.95. The molecule has 3 heteroatoms. The number of likely N-dealkylation sites (N-methyl/N-ethyl adjacent to an activating group) is 1. The summed E-state index contributed by atoms with van der Waals surface area (Å²) in [5.41, 5.74) is 0. The smallest absolute Gasteiger partial charge is 0.0431 e. The number of unbranched alkanes of at least 4 members (excludes halogenated alkanes) is 2. The van der Waals surface area contributed by atoms with E-state index in [4.69, 9.17) is 5.11 Å². The van der Waals surface area contributed by atoms with Crippen LogP contribution in [-0.4, -0.2) is 49.8 Å². The molecule has 0 amide bonds. The van der Waals surface area contributed by atoms with Gasteiger partial charge in [0.25, 0.3) is 0 Å². The molecule has 0 spiro atoms. The molecule has 98 valence electrons. The molecule has 0 aromatic rings. The van der Waals surface area contributed by atoms with Crippen molar-refractivity contribution in [3.63, 3.8) is 0 Å². The van der Waals surface area contributed by atoms with E-state index in [1.54, 1.807) is 0 Å². The van der Waals surface area contributed by atoms with Crippen molar-refractivity contribution in [2.24, 2.45) is 5.92 Å². The highest BCUT2D eigenvalue weighted by molar-refractivity contribution is 4.71. The molecule has 0 saturated heterocycles. The Bertz CT molecular complexity index is 139. The molecule has 3 nitrogen and oxygen atoms in total. The molecule has 0 fully saturated rings. The van der Waals surface area contributed by atoms with Gasteiger partial charge >= 0.3 is 0 Å². The number of nitrogens with one attached hydrogen (secondary N) is 1. The quantitative estimate of drug-likeness (QED) is 0.561. The molecule has 0 radical (unpaired) electrons. The third-order valence-electron chi connectivity index (χ3n) is 2.61. The Morgan fingerprint density at radius 1 is 1.12 bits per heavy atom. The van der Waals surface area contributed by atoms with Crippen molar-refractivity contribution >= 4 is 0 Å². The lowest BCUT2D eigenvalue weighted by atomic mass is 10.0. The van der Waals surface area contributed by atoms with Crippen LogP contribution in [0.15, 0.2) is 0 Å². The highest BCUT2D eigenvalue weighted by Crippen LogP contribution is 2.06. The van der Waals surface area contributed by atoms with E-state index >= 15 is 0 Å². The van der Waals surface area contributed by atoms with Crippen LogP contribution >= 0.6 is 0 Å². The zero-order chi connectivity index (χ0) is 12.4. The van der Waals surface area contributed by atoms with Gasteiger partial charge in [-0.15, -0.1) is 0 Å². The van der Waals surface area contributed by atoms with Gasteiger partial charge in [0, 0.05) is 19.2 Å². The normalized spacial score (nSPS) is 13.7. The maximum Gasteiger partial charge on any atom is 0.0431 e. The Labute approximate surface area is 101 Å². The van der Waals surface area contributed by atoms with Crippen molar-refractivity contribution in [1.29, 1.82) is 0 Å². The van der Waals surface area contributed by atoms with Crippen LogP contribution in [0, 0.1) is 5.92 Å². The zero-order valence-corrected chi connectivity index (χ0v) is 11.5. The maximum atomic E-state index is 8.69. The van der Waals surface area contributed by atoms with Gasteiger partial charge in [0.2, 0.25) is 0 Å². The van der Waals surface area contributed by atoms with Crippen LogP contribution < -0.4 is 5.32 Å². The van der Waals surface area contributed by atoms with Crippen molar-refractivity contribution in [3.8, 4) is 0 Å². The second-order valence-corrected chi connectivity index (χ2v) is 5.33. The number of aliphatic hydroxyl groups is 1. The second-order valence-electron chi connectivity index (χ2n) is 5.33. The first-order valence-electron chi connectivity index (χ1n) is 6.55. The Hall–Kier alpha value is -0.120. The summed E-state index contributed by atoms with van der Waals surface area (Å²) in [7, 11) is 4.25. The van der Waals surface area contributed by atoms with Gasteiger partial charge in [-0.3, -0.25) is 0 Å². The summed E-state index contributed by atoms with van der Waals surface area (Å²) in [6.45, 7) is 7.06. The molecule has 0 heterocycles. The summed E-state index contributed by atoms with van der Waals surface area (Å²) < 4.78 is 0. The standard InChI is InChI=1S/C13H30N2O/c1-12(2)10-13(11-15(3)4)14-8-6-5-7-9-16/h12-14,16H,5-11H2,1-4H3. The van der Waals surface area contributed by atoms with E-state index in [0.717, 1.165) is 31.8 Å². The number of aliphatic hydroxyl groups excluding tert-OH is 1. The van der Waals surface area contributed by atoms with Crippen LogP contribution in [0.4, 0.5) is 0 Å². The Kier molecular flexibility index (Phi) is 9.99. The average molecular weight is 230 g/mol. The minimum Gasteiger partial charge on any atom is -0.396 e. The summed E-state index contributed by atoms with van der Waals surface area (Å²) in [6, 6.07) is 0.601. The van der Waals surface area contributed by atoms with Gasteiger partial charge in [-0.2, -0.15) is 0 Å². The van der Waals surface area contributed by atoms with Gasteiger partial charge in [-0.1, -0.05) is 13.8 Å². The molecule has 0 aliphatic rings. The summed E-state index contributed by atoms with van der Waals surface area (Å²) in [5.74, 6) is 0.745. The minimum atomic E-state index is 0.327. The Balaban J connectivity index is 3.65. The van der Waals surface area contributed by atoms with Gasteiger partial charge in [0.05, 0.1) is 0 Å². The van der Waals surface area contributed by atoms with Crippen molar-refractivity contribution in [2.75, 3.05) is 33.8 Å². The summed E-state index contributed by atoms with van der Waals surface area (Å²) in [4.78, 5) is 2.24. The Morgan fingerprint density at radius 2 is 1.81 bits per heavy atom. The molecule has 0 saturated carbocycles.